The summed E-state index contributed by atoms with van der Waals surface area (Å²) in [7, 11) is 0. The summed E-state index contributed by atoms with van der Waals surface area (Å²) in [5, 5.41) is 3.38. The number of benzene rings is 1. The van der Waals surface area contributed by atoms with E-state index in [1.807, 2.05) is 0 Å². The van der Waals surface area contributed by atoms with Crippen LogP contribution >= 0.6 is 23.2 Å². The minimum atomic E-state index is -0.899. The van der Waals surface area contributed by atoms with Crippen LogP contribution in [-0.2, 0) is 9.53 Å². The van der Waals surface area contributed by atoms with Crippen molar-refractivity contribution in [3.8, 4) is 0 Å². The van der Waals surface area contributed by atoms with Crippen molar-refractivity contribution in [3.05, 3.63) is 33.8 Å². The fraction of sp³-hybridized carbons (Fsp3) is 0.529. The number of hydrogen-bond acceptors (Lipinski definition) is 3. The summed E-state index contributed by atoms with van der Waals surface area (Å²) in [6.07, 6.45) is 3.48. The predicted molar refractivity (Wildman–Crippen MR) is 90.9 cm³/mol. The summed E-state index contributed by atoms with van der Waals surface area (Å²) < 4.78 is 5.22. The van der Waals surface area contributed by atoms with Crippen molar-refractivity contribution in [1.29, 1.82) is 0 Å². The Kier molecular flexibility index (Phi) is 6.31. The van der Waals surface area contributed by atoms with Crippen LogP contribution in [0.5, 0.6) is 0 Å². The summed E-state index contributed by atoms with van der Waals surface area (Å²) in [5.74, 6) is -0.547. The van der Waals surface area contributed by atoms with Crippen LogP contribution in [-0.4, -0.2) is 24.0 Å². The Morgan fingerprint density at radius 2 is 1.83 bits per heavy atom. The molecule has 0 saturated heterocycles. The van der Waals surface area contributed by atoms with Gasteiger partial charge in [-0.2, -0.15) is 0 Å². The highest BCUT2D eigenvalue weighted by Gasteiger charge is 2.27. The zero-order chi connectivity index (χ0) is 17.0. The molecule has 0 radical (unpaired) electrons. The van der Waals surface area contributed by atoms with Gasteiger partial charge in [-0.05, 0) is 37.8 Å². The Bertz CT molecular complexity index is 571. The van der Waals surface area contributed by atoms with Crippen LogP contribution in [0, 0.1) is 5.92 Å². The maximum Gasteiger partial charge on any atom is 0.341 e. The maximum atomic E-state index is 12.2. The van der Waals surface area contributed by atoms with Gasteiger partial charge in [0.1, 0.15) is 0 Å². The summed E-state index contributed by atoms with van der Waals surface area (Å²) in [5.41, 5.74) is 0.0847. The van der Waals surface area contributed by atoms with Gasteiger partial charge in [0.05, 0.1) is 15.6 Å². The minimum Gasteiger partial charge on any atom is -0.449 e. The molecule has 1 aromatic rings. The number of nitrogens with one attached hydrogen (secondary N) is 1. The number of hydrogen-bond donors (Lipinski definition) is 1. The number of halogens is 2. The van der Waals surface area contributed by atoms with Crippen molar-refractivity contribution in [2.75, 3.05) is 0 Å². The normalized spacial score (nSPS) is 22.3. The SMILES string of the molecule is C[C@@H](OC(=O)c1c(Cl)cccc1Cl)C(=O)N[C@H]1CCCC[C@@H]1C. The Morgan fingerprint density at radius 1 is 1.22 bits per heavy atom. The third-order valence-corrected chi connectivity index (χ3v) is 4.89. The molecule has 2 rings (SSSR count). The van der Waals surface area contributed by atoms with Gasteiger partial charge in [-0.25, -0.2) is 4.79 Å². The molecular weight excluding hydrogens is 337 g/mol. The van der Waals surface area contributed by atoms with E-state index < -0.39 is 12.1 Å². The van der Waals surface area contributed by atoms with E-state index in [0.29, 0.717) is 5.92 Å². The number of amides is 1. The van der Waals surface area contributed by atoms with Gasteiger partial charge in [-0.1, -0.05) is 49.0 Å². The van der Waals surface area contributed by atoms with Gasteiger partial charge in [0, 0.05) is 6.04 Å². The molecule has 6 heteroatoms. The average molecular weight is 358 g/mol. The van der Waals surface area contributed by atoms with Gasteiger partial charge in [0.25, 0.3) is 5.91 Å². The Hall–Kier alpha value is -1.26. The van der Waals surface area contributed by atoms with E-state index >= 15 is 0 Å². The van der Waals surface area contributed by atoms with Crippen LogP contribution < -0.4 is 5.32 Å². The Morgan fingerprint density at radius 3 is 2.43 bits per heavy atom. The Labute approximate surface area is 146 Å². The molecule has 1 fully saturated rings. The van der Waals surface area contributed by atoms with Crippen LogP contribution in [0.2, 0.25) is 10.0 Å². The van der Waals surface area contributed by atoms with Gasteiger partial charge >= 0.3 is 5.97 Å². The van der Waals surface area contributed by atoms with Crippen LogP contribution in [0.1, 0.15) is 49.9 Å². The molecule has 126 valence electrons. The zero-order valence-corrected chi connectivity index (χ0v) is 14.8. The van der Waals surface area contributed by atoms with Crippen LogP contribution in [0.4, 0.5) is 0 Å². The molecule has 0 heterocycles. The lowest BCUT2D eigenvalue weighted by Gasteiger charge is -2.30. The lowest BCUT2D eigenvalue weighted by molar-refractivity contribution is -0.130. The van der Waals surface area contributed by atoms with Gasteiger partial charge < -0.3 is 10.1 Å². The standard InChI is InChI=1S/C17H21Cl2NO3/c1-10-6-3-4-9-14(10)20-16(21)11(2)23-17(22)15-12(18)7-5-8-13(15)19/h5,7-8,10-11,14H,3-4,6,9H2,1-2H3,(H,20,21)/t10-,11+,14-/m0/s1. The number of rotatable bonds is 4. The molecule has 1 aliphatic rings. The fourth-order valence-electron chi connectivity index (χ4n) is 2.80. The molecular formula is C17H21Cl2NO3. The first-order valence-electron chi connectivity index (χ1n) is 7.85. The number of carbonyl (C=O) groups excluding carboxylic acids is 2. The first kappa shape index (κ1) is 18.1. The number of ether oxygens (including phenoxy) is 1. The van der Waals surface area contributed by atoms with E-state index in [2.05, 4.69) is 12.2 Å². The lowest BCUT2D eigenvalue weighted by Crippen LogP contribution is -2.46. The second kappa shape index (κ2) is 8.02. The third-order valence-electron chi connectivity index (χ3n) is 4.26. The van der Waals surface area contributed by atoms with E-state index in [1.54, 1.807) is 25.1 Å². The highest BCUT2D eigenvalue weighted by molar-refractivity contribution is 6.39. The highest BCUT2D eigenvalue weighted by atomic mass is 35.5. The summed E-state index contributed by atoms with van der Waals surface area (Å²) >= 11 is 12.0. The zero-order valence-electron chi connectivity index (χ0n) is 13.3. The van der Waals surface area contributed by atoms with E-state index in [1.165, 1.54) is 6.42 Å². The predicted octanol–water partition coefficient (Wildman–Crippen LogP) is 4.23. The van der Waals surface area contributed by atoms with Crippen LogP contribution in [0.25, 0.3) is 0 Å². The van der Waals surface area contributed by atoms with Crippen LogP contribution in [0.15, 0.2) is 18.2 Å². The van der Waals surface area contributed by atoms with Gasteiger partial charge in [-0.3, -0.25) is 4.79 Å². The number of esters is 1. The van der Waals surface area contributed by atoms with Crippen molar-refractivity contribution in [2.45, 2.75) is 51.7 Å². The molecule has 0 unspecified atom stereocenters. The van der Waals surface area contributed by atoms with Crippen molar-refractivity contribution >= 4 is 35.1 Å². The van der Waals surface area contributed by atoms with Crippen molar-refractivity contribution in [2.24, 2.45) is 5.92 Å². The molecule has 3 atom stereocenters. The maximum absolute atomic E-state index is 12.2. The fourth-order valence-corrected chi connectivity index (χ4v) is 3.35. The van der Waals surface area contributed by atoms with Gasteiger partial charge in [0.15, 0.2) is 6.10 Å². The first-order chi connectivity index (χ1) is 10.9. The summed E-state index contributed by atoms with van der Waals surface area (Å²) in [6, 6.07) is 4.89. The monoisotopic (exact) mass is 357 g/mol. The van der Waals surface area contributed by atoms with Gasteiger partial charge in [0.2, 0.25) is 0 Å². The lowest BCUT2D eigenvalue weighted by atomic mass is 9.86. The quantitative estimate of drug-likeness (QED) is 0.820. The number of carbonyl (C=O) groups is 2. The van der Waals surface area contributed by atoms with Gasteiger partial charge in [-0.15, -0.1) is 0 Å². The van der Waals surface area contributed by atoms with E-state index in [0.717, 1.165) is 19.3 Å². The molecule has 0 aliphatic heterocycles. The molecule has 0 spiro atoms. The largest absolute Gasteiger partial charge is 0.449 e. The smallest absolute Gasteiger partial charge is 0.341 e. The molecule has 1 saturated carbocycles. The topological polar surface area (TPSA) is 55.4 Å². The van der Waals surface area contributed by atoms with E-state index in [9.17, 15) is 9.59 Å². The van der Waals surface area contributed by atoms with Crippen molar-refractivity contribution in [1.82, 2.24) is 5.32 Å². The molecule has 1 N–H and O–H groups in total. The third kappa shape index (κ3) is 4.61. The molecule has 1 aromatic carbocycles. The van der Waals surface area contributed by atoms with Crippen LogP contribution in [0.3, 0.4) is 0 Å². The average Bonchev–Trinajstić information content (AvgIpc) is 2.49. The summed E-state index contributed by atoms with van der Waals surface area (Å²) in [4.78, 5) is 24.4. The second-order valence-corrected chi connectivity index (χ2v) is 6.84. The Balaban J connectivity index is 1.96. The minimum absolute atomic E-state index is 0.0847. The highest BCUT2D eigenvalue weighted by Crippen LogP contribution is 2.26. The first-order valence-corrected chi connectivity index (χ1v) is 8.61. The molecule has 1 aliphatic carbocycles. The van der Waals surface area contributed by atoms with E-state index in [4.69, 9.17) is 27.9 Å². The molecule has 23 heavy (non-hydrogen) atoms. The van der Waals surface area contributed by atoms with Crippen molar-refractivity contribution in [3.63, 3.8) is 0 Å². The second-order valence-electron chi connectivity index (χ2n) is 6.02. The molecule has 0 bridgehead atoms. The molecule has 4 nitrogen and oxygen atoms in total. The van der Waals surface area contributed by atoms with Crippen molar-refractivity contribution < 1.29 is 14.3 Å². The molecule has 0 aromatic heterocycles. The van der Waals surface area contributed by atoms with E-state index in [-0.39, 0.29) is 27.6 Å². The summed E-state index contributed by atoms with van der Waals surface area (Å²) in [6.45, 7) is 3.68. The molecule has 1 amide bonds.